The molecule has 0 saturated carbocycles. The molecular formula is C20H32N2O. The Hall–Kier alpha value is -1.35. The summed E-state index contributed by atoms with van der Waals surface area (Å²) in [6.45, 7) is 14.2. The molecule has 128 valence electrons. The van der Waals surface area contributed by atoms with E-state index in [1.165, 1.54) is 18.4 Å². The van der Waals surface area contributed by atoms with Gasteiger partial charge < -0.3 is 10.2 Å². The first-order valence-corrected chi connectivity index (χ1v) is 8.90. The summed E-state index contributed by atoms with van der Waals surface area (Å²) < 4.78 is 0. The van der Waals surface area contributed by atoms with Gasteiger partial charge in [-0.2, -0.15) is 0 Å². The molecule has 1 heterocycles. The second-order valence-electron chi connectivity index (χ2n) is 8.11. The second kappa shape index (κ2) is 7.48. The van der Waals surface area contributed by atoms with E-state index < -0.39 is 0 Å². The van der Waals surface area contributed by atoms with Crippen molar-refractivity contribution in [3.05, 3.63) is 35.4 Å². The predicted octanol–water partition coefficient (Wildman–Crippen LogP) is 3.83. The Labute approximate surface area is 141 Å². The number of carbonyl (C=O) groups is 1. The molecule has 1 aliphatic heterocycles. The first-order valence-electron chi connectivity index (χ1n) is 8.90. The summed E-state index contributed by atoms with van der Waals surface area (Å²) in [5, 5.41) is 3.11. The predicted molar refractivity (Wildman–Crippen MR) is 96.9 cm³/mol. The van der Waals surface area contributed by atoms with E-state index in [1.807, 2.05) is 12.1 Å². The lowest BCUT2D eigenvalue weighted by Crippen LogP contribution is -2.41. The van der Waals surface area contributed by atoms with Crippen LogP contribution in [0.2, 0.25) is 0 Å². The van der Waals surface area contributed by atoms with Crippen molar-refractivity contribution in [3.63, 3.8) is 0 Å². The number of nitrogens with zero attached hydrogens (tertiary/aromatic N) is 1. The van der Waals surface area contributed by atoms with Gasteiger partial charge in [-0.25, -0.2) is 0 Å². The fourth-order valence-electron chi connectivity index (χ4n) is 3.13. The van der Waals surface area contributed by atoms with Crippen molar-refractivity contribution in [1.29, 1.82) is 0 Å². The van der Waals surface area contributed by atoms with E-state index >= 15 is 0 Å². The number of hydrogen-bond donors (Lipinski definition) is 1. The van der Waals surface area contributed by atoms with Gasteiger partial charge in [0.15, 0.2) is 0 Å². The minimum atomic E-state index is 0.0525. The summed E-state index contributed by atoms with van der Waals surface area (Å²) in [7, 11) is 0. The highest BCUT2D eigenvalue weighted by atomic mass is 16.1. The zero-order valence-corrected chi connectivity index (χ0v) is 15.4. The molecule has 0 atom stereocenters. The summed E-state index contributed by atoms with van der Waals surface area (Å²) in [4.78, 5) is 14.8. The van der Waals surface area contributed by atoms with Crippen molar-refractivity contribution in [2.45, 2.75) is 58.9 Å². The van der Waals surface area contributed by atoms with Gasteiger partial charge in [0.1, 0.15) is 0 Å². The average molecular weight is 316 g/mol. The molecule has 1 aliphatic rings. The van der Waals surface area contributed by atoms with Crippen molar-refractivity contribution >= 4 is 5.91 Å². The van der Waals surface area contributed by atoms with Crippen LogP contribution in [0.4, 0.5) is 0 Å². The van der Waals surface area contributed by atoms with Crippen LogP contribution in [-0.4, -0.2) is 36.5 Å². The summed E-state index contributed by atoms with van der Waals surface area (Å²) >= 11 is 0. The lowest BCUT2D eigenvalue weighted by Gasteiger charge is -2.34. The average Bonchev–Trinajstić information content (AvgIpc) is 2.52. The minimum Gasteiger partial charge on any atom is -0.352 e. The summed E-state index contributed by atoms with van der Waals surface area (Å²) in [6.07, 6.45) is 2.36. The van der Waals surface area contributed by atoms with Gasteiger partial charge in [-0.1, -0.05) is 32.9 Å². The summed E-state index contributed by atoms with van der Waals surface area (Å²) in [5.41, 5.74) is 2.15. The Morgan fingerprint density at radius 3 is 2.22 bits per heavy atom. The molecular weight excluding hydrogens is 284 g/mol. The molecule has 2 rings (SSSR count). The van der Waals surface area contributed by atoms with E-state index in [0.29, 0.717) is 12.0 Å². The van der Waals surface area contributed by atoms with Crippen LogP contribution in [0, 0.1) is 5.92 Å². The Balaban J connectivity index is 1.81. The Bertz CT molecular complexity index is 505. The fourth-order valence-corrected chi connectivity index (χ4v) is 3.13. The number of hydrogen-bond acceptors (Lipinski definition) is 2. The number of carbonyl (C=O) groups excluding carboxylic acids is 1. The van der Waals surface area contributed by atoms with Gasteiger partial charge in [0.05, 0.1) is 0 Å². The highest BCUT2D eigenvalue weighted by Gasteiger charge is 2.21. The number of piperidine rings is 1. The van der Waals surface area contributed by atoms with Crippen LogP contribution in [0.15, 0.2) is 24.3 Å². The first-order chi connectivity index (χ1) is 10.8. The van der Waals surface area contributed by atoms with Crippen LogP contribution in [0.25, 0.3) is 0 Å². The molecule has 1 saturated heterocycles. The van der Waals surface area contributed by atoms with Crippen molar-refractivity contribution < 1.29 is 4.79 Å². The molecule has 0 aliphatic carbocycles. The molecule has 1 N–H and O–H groups in total. The van der Waals surface area contributed by atoms with E-state index in [4.69, 9.17) is 0 Å². The Kier molecular flexibility index (Phi) is 5.85. The number of rotatable bonds is 4. The van der Waals surface area contributed by atoms with Gasteiger partial charge in [0, 0.05) is 18.2 Å². The SMILES string of the molecule is CC(C)N1CCC(CNC(=O)c2ccc(C(C)(C)C)cc2)CC1. The smallest absolute Gasteiger partial charge is 0.251 e. The molecule has 1 aromatic carbocycles. The molecule has 1 fully saturated rings. The summed E-state index contributed by atoms with van der Waals surface area (Å²) in [6, 6.07) is 8.65. The molecule has 23 heavy (non-hydrogen) atoms. The van der Waals surface area contributed by atoms with Crippen LogP contribution in [0.5, 0.6) is 0 Å². The van der Waals surface area contributed by atoms with E-state index in [9.17, 15) is 4.79 Å². The molecule has 3 heteroatoms. The number of nitrogens with one attached hydrogen (secondary N) is 1. The van der Waals surface area contributed by atoms with Gasteiger partial charge >= 0.3 is 0 Å². The quantitative estimate of drug-likeness (QED) is 0.915. The minimum absolute atomic E-state index is 0.0525. The van der Waals surface area contributed by atoms with Crippen molar-refractivity contribution in [3.8, 4) is 0 Å². The fraction of sp³-hybridized carbons (Fsp3) is 0.650. The van der Waals surface area contributed by atoms with Crippen molar-refractivity contribution in [2.24, 2.45) is 5.92 Å². The Morgan fingerprint density at radius 1 is 1.17 bits per heavy atom. The largest absolute Gasteiger partial charge is 0.352 e. The lowest BCUT2D eigenvalue weighted by molar-refractivity contribution is 0.0929. The summed E-state index contributed by atoms with van der Waals surface area (Å²) in [5.74, 6) is 0.666. The maximum absolute atomic E-state index is 12.3. The lowest BCUT2D eigenvalue weighted by atomic mass is 9.86. The highest BCUT2D eigenvalue weighted by molar-refractivity contribution is 5.94. The monoisotopic (exact) mass is 316 g/mol. The number of likely N-dealkylation sites (tertiary alicyclic amines) is 1. The number of benzene rings is 1. The zero-order chi connectivity index (χ0) is 17.0. The zero-order valence-electron chi connectivity index (χ0n) is 15.4. The van der Waals surface area contributed by atoms with Gasteiger partial charge in [0.25, 0.3) is 5.91 Å². The van der Waals surface area contributed by atoms with Gasteiger partial charge in [0.2, 0.25) is 0 Å². The normalized spacial score (nSPS) is 17.5. The molecule has 0 bridgehead atoms. The first kappa shape index (κ1) is 18.0. The standard InChI is InChI=1S/C20H32N2O/c1-15(2)22-12-10-16(11-13-22)14-21-19(23)17-6-8-18(9-7-17)20(3,4)5/h6-9,15-16H,10-14H2,1-5H3,(H,21,23). The van der Waals surface area contributed by atoms with E-state index in [2.05, 4.69) is 57.0 Å². The number of amides is 1. The van der Waals surface area contributed by atoms with Crippen LogP contribution in [-0.2, 0) is 5.41 Å². The third kappa shape index (κ3) is 5.07. The third-order valence-electron chi connectivity index (χ3n) is 4.94. The molecule has 1 aromatic rings. The van der Waals surface area contributed by atoms with E-state index in [1.54, 1.807) is 0 Å². The molecule has 0 spiro atoms. The molecule has 0 unspecified atom stereocenters. The van der Waals surface area contributed by atoms with Gasteiger partial charge in [-0.15, -0.1) is 0 Å². The molecule has 0 radical (unpaired) electrons. The van der Waals surface area contributed by atoms with Gasteiger partial charge in [-0.3, -0.25) is 4.79 Å². The van der Waals surface area contributed by atoms with Crippen molar-refractivity contribution in [1.82, 2.24) is 10.2 Å². The van der Waals surface area contributed by atoms with Crippen LogP contribution in [0.1, 0.15) is 63.4 Å². The van der Waals surface area contributed by atoms with E-state index in [0.717, 1.165) is 25.2 Å². The molecule has 3 nitrogen and oxygen atoms in total. The van der Waals surface area contributed by atoms with Crippen molar-refractivity contribution in [2.75, 3.05) is 19.6 Å². The van der Waals surface area contributed by atoms with E-state index in [-0.39, 0.29) is 11.3 Å². The third-order valence-corrected chi connectivity index (χ3v) is 4.94. The Morgan fingerprint density at radius 2 is 1.74 bits per heavy atom. The molecule has 1 amide bonds. The molecule has 0 aromatic heterocycles. The second-order valence-corrected chi connectivity index (χ2v) is 8.11. The van der Waals surface area contributed by atoms with Crippen LogP contribution >= 0.6 is 0 Å². The highest BCUT2D eigenvalue weighted by Crippen LogP contribution is 2.22. The maximum Gasteiger partial charge on any atom is 0.251 e. The maximum atomic E-state index is 12.3. The van der Waals surface area contributed by atoms with Crippen LogP contribution in [0.3, 0.4) is 0 Å². The topological polar surface area (TPSA) is 32.3 Å². The van der Waals surface area contributed by atoms with Crippen LogP contribution < -0.4 is 5.32 Å². The van der Waals surface area contributed by atoms with Gasteiger partial charge in [-0.05, 0) is 68.8 Å².